The third kappa shape index (κ3) is 3.29. The minimum Gasteiger partial charge on any atom is -0.370 e. The standard InChI is InChI=1S/C19H21N5O2/c1-21-17(19(18(20)26)13-22-9-10-23-19)15-7-5-14(6-8-15)12-24-11-3-2-4-16(24)25/h2-11,13,17,21,23H,12H2,1H3,(H2,20,26). The maximum atomic E-state index is 12.2. The van der Waals surface area contributed by atoms with Crippen LogP contribution < -0.4 is 21.9 Å². The molecule has 2 atom stereocenters. The largest absolute Gasteiger partial charge is 0.370 e. The van der Waals surface area contributed by atoms with Crippen molar-refractivity contribution in [2.75, 3.05) is 7.05 Å². The molecule has 0 radical (unpaired) electrons. The second-order valence-electron chi connectivity index (χ2n) is 6.10. The molecule has 7 nitrogen and oxygen atoms in total. The second-order valence-corrected chi connectivity index (χ2v) is 6.10. The first-order valence-electron chi connectivity index (χ1n) is 8.25. The highest BCUT2D eigenvalue weighted by Crippen LogP contribution is 2.26. The first-order chi connectivity index (χ1) is 12.6. The predicted octanol–water partition coefficient (Wildman–Crippen LogP) is 0.526. The Morgan fingerprint density at radius 2 is 2.08 bits per heavy atom. The number of aliphatic imine (C=N–C) groups is 1. The van der Waals surface area contributed by atoms with E-state index >= 15 is 0 Å². The van der Waals surface area contributed by atoms with Crippen LogP contribution in [0.4, 0.5) is 0 Å². The summed E-state index contributed by atoms with van der Waals surface area (Å²) in [5, 5.41) is 6.18. The number of likely N-dealkylation sites (N-methyl/N-ethyl adjacent to an activating group) is 1. The van der Waals surface area contributed by atoms with Gasteiger partial charge in [-0.3, -0.25) is 14.6 Å². The molecule has 0 bridgehead atoms. The smallest absolute Gasteiger partial charge is 0.250 e. The summed E-state index contributed by atoms with van der Waals surface area (Å²) in [4.78, 5) is 28.1. The highest BCUT2D eigenvalue weighted by Gasteiger charge is 2.43. The molecule has 0 aliphatic carbocycles. The van der Waals surface area contributed by atoms with E-state index in [1.165, 1.54) is 12.3 Å². The minimum atomic E-state index is -1.15. The number of nitrogens with one attached hydrogen (secondary N) is 2. The van der Waals surface area contributed by atoms with Crippen molar-refractivity contribution in [1.29, 1.82) is 0 Å². The normalized spacial score (nSPS) is 19.7. The number of rotatable bonds is 6. The number of nitrogens with two attached hydrogens (primary N) is 1. The van der Waals surface area contributed by atoms with Crippen LogP contribution in [0.25, 0.3) is 0 Å². The molecule has 4 N–H and O–H groups in total. The highest BCUT2D eigenvalue weighted by atomic mass is 16.1. The molecule has 0 fully saturated rings. The third-order valence-electron chi connectivity index (χ3n) is 4.48. The fourth-order valence-corrected chi connectivity index (χ4v) is 3.11. The van der Waals surface area contributed by atoms with Gasteiger partial charge in [-0.05, 0) is 24.2 Å². The topological polar surface area (TPSA) is 102 Å². The van der Waals surface area contributed by atoms with Gasteiger partial charge in [0.25, 0.3) is 11.5 Å². The average Bonchev–Trinajstić information content (AvgIpc) is 2.66. The molecule has 0 saturated carbocycles. The zero-order chi connectivity index (χ0) is 18.6. The number of primary amides is 1. The molecule has 0 saturated heterocycles. The lowest BCUT2D eigenvalue weighted by atomic mass is 9.84. The first kappa shape index (κ1) is 17.6. The van der Waals surface area contributed by atoms with Crippen molar-refractivity contribution >= 4 is 12.1 Å². The lowest BCUT2D eigenvalue weighted by Crippen LogP contribution is -2.62. The molecule has 134 valence electrons. The maximum Gasteiger partial charge on any atom is 0.250 e. The number of amides is 1. The zero-order valence-corrected chi connectivity index (χ0v) is 14.4. The molecule has 1 aliphatic heterocycles. The molecule has 2 heterocycles. The van der Waals surface area contributed by atoms with Crippen molar-refractivity contribution in [1.82, 2.24) is 15.2 Å². The lowest BCUT2D eigenvalue weighted by Gasteiger charge is -2.36. The van der Waals surface area contributed by atoms with Crippen molar-refractivity contribution in [3.8, 4) is 0 Å². The van der Waals surface area contributed by atoms with Crippen LogP contribution in [0.3, 0.4) is 0 Å². The maximum absolute atomic E-state index is 12.2. The van der Waals surface area contributed by atoms with Crippen LogP contribution in [0.5, 0.6) is 0 Å². The summed E-state index contributed by atoms with van der Waals surface area (Å²) in [5.41, 5.74) is 6.32. The van der Waals surface area contributed by atoms with E-state index in [0.717, 1.165) is 11.1 Å². The lowest BCUT2D eigenvalue weighted by molar-refractivity contribution is -0.122. The summed E-state index contributed by atoms with van der Waals surface area (Å²) in [7, 11) is 1.76. The molecular weight excluding hydrogens is 330 g/mol. The van der Waals surface area contributed by atoms with Gasteiger partial charge >= 0.3 is 0 Å². The molecule has 3 rings (SSSR count). The van der Waals surface area contributed by atoms with Crippen molar-refractivity contribution in [2.24, 2.45) is 10.7 Å². The van der Waals surface area contributed by atoms with Gasteiger partial charge < -0.3 is 20.9 Å². The summed E-state index contributed by atoms with van der Waals surface area (Å²) in [6.07, 6.45) is 6.44. The number of pyridine rings is 1. The average molecular weight is 351 g/mol. The molecule has 2 aromatic rings. The summed E-state index contributed by atoms with van der Waals surface area (Å²) < 4.78 is 1.63. The Hall–Kier alpha value is -3.19. The molecule has 1 amide bonds. The second kappa shape index (κ2) is 7.37. The Bertz CT molecular complexity index is 901. The van der Waals surface area contributed by atoms with Crippen LogP contribution in [0, 0.1) is 0 Å². The van der Waals surface area contributed by atoms with Gasteiger partial charge in [0.1, 0.15) is 0 Å². The number of hydrogen-bond acceptors (Lipinski definition) is 5. The first-order valence-corrected chi connectivity index (χ1v) is 8.25. The van der Waals surface area contributed by atoms with Crippen molar-refractivity contribution in [3.05, 3.63) is 82.5 Å². The van der Waals surface area contributed by atoms with E-state index in [4.69, 9.17) is 5.73 Å². The summed E-state index contributed by atoms with van der Waals surface area (Å²) in [6.45, 7) is 0.480. The Labute approximate surface area is 151 Å². The van der Waals surface area contributed by atoms with Crippen molar-refractivity contribution in [2.45, 2.75) is 18.1 Å². The van der Waals surface area contributed by atoms with E-state index in [9.17, 15) is 9.59 Å². The SMILES string of the molecule is CNC(c1ccc(Cn2ccccc2=O)cc1)C1(C(N)=O)C=NC=CN1. The van der Waals surface area contributed by atoms with Crippen LogP contribution in [0.2, 0.25) is 0 Å². The van der Waals surface area contributed by atoms with E-state index in [0.29, 0.717) is 6.54 Å². The van der Waals surface area contributed by atoms with Gasteiger partial charge in [-0.15, -0.1) is 0 Å². The Morgan fingerprint density at radius 1 is 1.31 bits per heavy atom. The molecular formula is C19H21N5O2. The van der Waals surface area contributed by atoms with Gasteiger partial charge in [0.2, 0.25) is 0 Å². The Morgan fingerprint density at radius 3 is 2.65 bits per heavy atom. The monoisotopic (exact) mass is 351 g/mol. The number of aromatic nitrogens is 1. The van der Waals surface area contributed by atoms with Crippen LogP contribution in [0.1, 0.15) is 17.2 Å². The summed E-state index contributed by atoms with van der Waals surface area (Å²) >= 11 is 0. The summed E-state index contributed by atoms with van der Waals surface area (Å²) in [5.74, 6) is -0.523. The fourth-order valence-electron chi connectivity index (χ4n) is 3.11. The molecule has 1 aromatic heterocycles. The summed E-state index contributed by atoms with van der Waals surface area (Å²) in [6, 6.07) is 12.4. The van der Waals surface area contributed by atoms with E-state index in [1.807, 2.05) is 30.3 Å². The van der Waals surface area contributed by atoms with Gasteiger partial charge in [0.15, 0.2) is 5.54 Å². The van der Waals surface area contributed by atoms with Crippen LogP contribution in [0.15, 0.2) is 70.8 Å². The van der Waals surface area contributed by atoms with E-state index in [2.05, 4.69) is 15.6 Å². The van der Waals surface area contributed by atoms with Gasteiger partial charge in [-0.25, -0.2) is 0 Å². The van der Waals surface area contributed by atoms with E-state index in [-0.39, 0.29) is 5.56 Å². The Balaban J connectivity index is 1.87. The molecule has 7 heteroatoms. The zero-order valence-electron chi connectivity index (χ0n) is 14.4. The number of benzene rings is 1. The fraction of sp³-hybridized carbons (Fsp3) is 0.211. The van der Waals surface area contributed by atoms with Crippen LogP contribution in [-0.4, -0.2) is 29.3 Å². The molecule has 0 spiro atoms. The molecule has 26 heavy (non-hydrogen) atoms. The minimum absolute atomic E-state index is 0.0493. The predicted molar refractivity (Wildman–Crippen MR) is 101 cm³/mol. The van der Waals surface area contributed by atoms with Crippen molar-refractivity contribution < 1.29 is 4.79 Å². The number of carbonyl (C=O) groups excluding carboxylic acids is 1. The van der Waals surface area contributed by atoms with E-state index < -0.39 is 17.5 Å². The van der Waals surface area contributed by atoms with Gasteiger partial charge in [-0.1, -0.05) is 30.3 Å². The Kier molecular flexibility index (Phi) is 4.99. The number of carbonyl (C=O) groups is 1. The van der Waals surface area contributed by atoms with Gasteiger partial charge in [-0.2, -0.15) is 0 Å². The number of nitrogens with zero attached hydrogens (tertiary/aromatic N) is 2. The van der Waals surface area contributed by atoms with Crippen LogP contribution in [-0.2, 0) is 11.3 Å². The number of hydrogen-bond donors (Lipinski definition) is 3. The molecule has 1 aliphatic rings. The molecule has 1 aromatic carbocycles. The van der Waals surface area contributed by atoms with E-state index in [1.54, 1.807) is 36.3 Å². The van der Waals surface area contributed by atoms with Crippen molar-refractivity contribution in [3.63, 3.8) is 0 Å². The van der Waals surface area contributed by atoms with Gasteiger partial charge in [0.05, 0.1) is 12.6 Å². The van der Waals surface area contributed by atoms with Gasteiger partial charge in [0, 0.05) is 30.9 Å². The highest BCUT2D eigenvalue weighted by molar-refractivity contribution is 6.04. The van der Waals surface area contributed by atoms with Crippen LogP contribution >= 0.6 is 0 Å². The third-order valence-corrected chi connectivity index (χ3v) is 4.48. The quantitative estimate of drug-likeness (QED) is 0.706. The molecule has 2 unspecified atom stereocenters.